The molecule has 1 atom stereocenters. The van der Waals surface area contributed by atoms with Crippen molar-refractivity contribution in [2.24, 2.45) is 0 Å². The van der Waals surface area contributed by atoms with Gasteiger partial charge in [-0.2, -0.15) is 5.10 Å². The molecule has 6 heteroatoms. The highest BCUT2D eigenvalue weighted by Gasteiger charge is 2.22. The number of β-amino-alcohol motifs (C(OH)–C–C–N with tert-alkyl or cyclic N) is 1. The highest BCUT2D eigenvalue weighted by molar-refractivity contribution is 5.76. The number of piperidine rings is 1. The summed E-state index contributed by atoms with van der Waals surface area (Å²) in [6.07, 6.45) is 2.92. The van der Waals surface area contributed by atoms with Crippen LogP contribution in [0.25, 0.3) is 0 Å². The second-order valence-corrected chi connectivity index (χ2v) is 4.07. The van der Waals surface area contributed by atoms with E-state index in [1.54, 1.807) is 17.2 Å². The fraction of sp³-hybridized carbons (Fsp3) is 0.600. The average molecular weight is 224 g/mol. The van der Waals surface area contributed by atoms with Crippen molar-refractivity contribution in [3.05, 3.63) is 12.3 Å². The first-order chi connectivity index (χ1) is 7.65. The van der Waals surface area contributed by atoms with Crippen LogP contribution in [0.1, 0.15) is 12.8 Å². The van der Waals surface area contributed by atoms with Crippen molar-refractivity contribution in [1.82, 2.24) is 14.7 Å². The van der Waals surface area contributed by atoms with Gasteiger partial charge in [-0.3, -0.25) is 9.48 Å². The molecular formula is C10H16N4O2. The van der Waals surface area contributed by atoms with Crippen molar-refractivity contribution in [3.63, 3.8) is 0 Å². The number of hydrogen-bond acceptors (Lipinski definition) is 4. The van der Waals surface area contributed by atoms with Crippen molar-refractivity contribution in [2.45, 2.75) is 25.5 Å². The van der Waals surface area contributed by atoms with Gasteiger partial charge < -0.3 is 15.7 Å². The van der Waals surface area contributed by atoms with Gasteiger partial charge in [0, 0.05) is 19.3 Å². The SMILES string of the molecule is Nc1ccn(CC(=O)N2CCC[C@H](O)C2)n1. The molecule has 2 rings (SSSR count). The lowest BCUT2D eigenvalue weighted by Gasteiger charge is -2.30. The lowest BCUT2D eigenvalue weighted by Crippen LogP contribution is -2.43. The summed E-state index contributed by atoms with van der Waals surface area (Å²) in [5, 5.41) is 13.4. The molecule has 1 aliphatic rings. The van der Waals surface area contributed by atoms with Crippen molar-refractivity contribution in [3.8, 4) is 0 Å². The summed E-state index contributed by atoms with van der Waals surface area (Å²) in [4.78, 5) is 13.5. The molecule has 6 nitrogen and oxygen atoms in total. The summed E-state index contributed by atoms with van der Waals surface area (Å²) in [7, 11) is 0. The molecule has 2 heterocycles. The molecule has 1 amide bonds. The zero-order valence-corrected chi connectivity index (χ0v) is 9.04. The van der Waals surface area contributed by atoms with Crippen LogP contribution in [0.15, 0.2) is 12.3 Å². The minimum atomic E-state index is -0.389. The van der Waals surface area contributed by atoms with E-state index in [0.717, 1.165) is 12.8 Å². The molecule has 0 aliphatic carbocycles. The van der Waals surface area contributed by atoms with E-state index in [2.05, 4.69) is 5.10 Å². The molecule has 0 aromatic carbocycles. The number of aliphatic hydroxyl groups is 1. The quantitative estimate of drug-likeness (QED) is 0.706. The maximum atomic E-state index is 11.8. The summed E-state index contributed by atoms with van der Waals surface area (Å²) < 4.78 is 1.51. The van der Waals surface area contributed by atoms with Gasteiger partial charge in [-0.05, 0) is 18.9 Å². The molecule has 0 radical (unpaired) electrons. The first kappa shape index (κ1) is 10.9. The number of aliphatic hydroxyl groups excluding tert-OH is 1. The summed E-state index contributed by atoms with van der Waals surface area (Å²) in [5.74, 6) is 0.383. The van der Waals surface area contributed by atoms with Crippen molar-refractivity contribution < 1.29 is 9.90 Å². The lowest BCUT2D eigenvalue weighted by atomic mass is 10.1. The summed E-state index contributed by atoms with van der Waals surface area (Å²) in [6.45, 7) is 1.33. The van der Waals surface area contributed by atoms with E-state index in [-0.39, 0.29) is 18.6 Å². The molecule has 0 saturated carbocycles. The molecule has 16 heavy (non-hydrogen) atoms. The number of aromatic nitrogens is 2. The number of likely N-dealkylation sites (tertiary alicyclic amines) is 1. The molecule has 1 aliphatic heterocycles. The molecule has 0 unspecified atom stereocenters. The minimum Gasteiger partial charge on any atom is -0.391 e. The fourth-order valence-corrected chi connectivity index (χ4v) is 1.89. The van der Waals surface area contributed by atoms with Crippen LogP contribution in [0, 0.1) is 0 Å². The molecule has 1 fully saturated rings. The largest absolute Gasteiger partial charge is 0.391 e. The Labute approximate surface area is 93.6 Å². The summed E-state index contributed by atoms with van der Waals surface area (Å²) >= 11 is 0. The van der Waals surface area contributed by atoms with Crippen LogP contribution < -0.4 is 5.73 Å². The first-order valence-electron chi connectivity index (χ1n) is 5.40. The lowest BCUT2D eigenvalue weighted by molar-refractivity contribution is -0.135. The molecule has 1 aromatic heterocycles. The second-order valence-electron chi connectivity index (χ2n) is 4.07. The van der Waals surface area contributed by atoms with Gasteiger partial charge in [0.1, 0.15) is 12.4 Å². The van der Waals surface area contributed by atoms with Gasteiger partial charge in [0.05, 0.1) is 6.10 Å². The van der Waals surface area contributed by atoms with Gasteiger partial charge >= 0.3 is 0 Å². The number of carbonyl (C=O) groups is 1. The zero-order valence-electron chi connectivity index (χ0n) is 9.04. The van der Waals surface area contributed by atoms with Gasteiger partial charge in [-0.15, -0.1) is 0 Å². The van der Waals surface area contributed by atoms with Crippen LogP contribution >= 0.6 is 0 Å². The molecule has 0 spiro atoms. The standard InChI is InChI=1S/C10H16N4O2/c11-9-3-5-14(12-9)7-10(16)13-4-1-2-8(15)6-13/h3,5,8,15H,1-2,4,6-7H2,(H2,11,12)/t8-/m0/s1. The van der Waals surface area contributed by atoms with Crippen LogP contribution in [0.3, 0.4) is 0 Å². The van der Waals surface area contributed by atoms with Crippen molar-refractivity contribution in [1.29, 1.82) is 0 Å². The third kappa shape index (κ3) is 2.52. The molecular weight excluding hydrogens is 208 g/mol. The number of nitrogen functional groups attached to an aromatic ring is 1. The highest BCUT2D eigenvalue weighted by atomic mass is 16.3. The van der Waals surface area contributed by atoms with Crippen LogP contribution in [-0.2, 0) is 11.3 Å². The van der Waals surface area contributed by atoms with Crippen molar-refractivity contribution >= 4 is 11.7 Å². The van der Waals surface area contributed by atoms with E-state index in [9.17, 15) is 9.90 Å². The molecule has 88 valence electrons. The van der Waals surface area contributed by atoms with Crippen LogP contribution in [0.4, 0.5) is 5.82 Å². The van der Waals surface area contributed by atoms with Crippen LogP contribution in [0.5, 0.6) is 0 Å². The highest BCUT2D eigenvalue weighted by Crippen LogP contribution is 2.10. The fourth-order valence-electron chi connectivity index (χ4n) is 1.89. The predicted molar refractivity (Wildman–Crippen MR) is 58.5 cm³/mol. The van der Waals surface area contributed by atoms with E-state index in [4.69, 9.17) is 5.73 Å². The average Bonchev–Trinajstić information content (AvgIpc) is 2.64. The molecule has 3 N–H and O–H groups in total. The van der Waals surface area contributed by atoms with E-state index in [1.807, 2.05) is 0 Å². The third-order valence-electron chi connectivity index (χ3n) is 2.71. The Kier molecular flexibility index (Phi) is 3.09. The minimum absolute atomic E-state index is 0.0261. The number of nitrogens with two attached hydrogens (primary N) is 1. The first-order valence-corrected chi connectivity index (χ1v) is 5.40. The van der Waals surface area contributed by atoms with E-state index >= 15 is 0 Å². The van der Waals surface area contributed by atoms with E-state index in [1.165, 1.54) is 4.68 Å². The number of amides is 1. The number of nitrogens with zero attached hydrogens (tertiary/aromatic N) is 3. The number of anilines is 1. The zero-order chi connectivity index (χ0) is 11.5. The Morgan fingerprint density at radius 1 is 1.69 bits per heavy atom. The van der Waals surface area contributed by atoms with Gasteiger partial charge in [-0.1, -0.05) is 0 Å². The summed E-state index contributed by atoms with van der Waals surface area (Å²) in [6, 6.07) is 1.65. The molecule has 1 aromatic rings. The van der Waals surface area contributed by atoms with Gasteiger partial charge in [0.2, 0.25) is 5.91 Å². The number of hydrogen-bond donors (Lipinski definition) is 2. The van der Waals surface area contributed by atoms with Crippen molar-refractivity contribution in [2.75, 3.05) is 18.8 Å². The Hall–Kier alpha value is -1.56. The summed E-state index contributed by atoms with van der Waals surface area (Å²) in [5.41, 5.74) is 5.46. The maximum absolute atomic E-state index is 11.8. The Bertz CT molecular complexity index is 377. The smallest absolute Gasteiger partial charge is 0.244 e. The maximum Gasteiger partial charge on any atom is 0.244 e. The topological polar surface area (TPSA) is 84.4 Å². The Morgan fingerprint density at radius 3 is 3.12 bits per heavy atom. The Morgan fingerprint density at radius 2 is 2.50 bits per heavy atom. The van der Waals surface area contributed by atoms with Gasteiger partial charge in [0.25, 0.3) is 0 Å². The van der Waals surface area contributed by atoms with E-state index < -0.39 is 0 Å². The van der Waals surface area contributed by atoms with Gasteiger partial charge in [-0.25, -0.2) is 0 Å². The van der Waals surface area contributed by atoms with Gasteiger partial charge in [0.15, 0.2) is 0 Å². The second kappa shape index (κ2) is 4.52. The number of carbonyl (C=O) groups excluding carboxylic acids is 1. The molecule has 1 saturated heterocycles. The number of rotatable bonds is 2. The van der Waals surface area contributed by atoms with E-state index in [0.29, 0.717) is 18.9 Å². The normalized spacial score (nSPS) is 21.1. The van der Waals surface area contributed by atoms with Crippen LogP contribution in [-0.4, -0.2) is 44.9 Å². The predicted octanol–water partition coefficient (Wildman–Crippen LogP) is -0.551. The monoisotopic (exact) mass is 224 g/mol. The third-order valence-corrected chi connectivity index (χ3v) is 2.71. The van der Waals surface area contributed by atoms with Crippen LogP contribution in [0.2, 0.25) is 0 Å². The molecule has 0 bridgehead atoms. The Balaban J connectivity index is 1.92.